The normalized spacial score (nSPS) is 10.4. The van der Waals surface area contributed by atoms with E-state index in [9.17, 15) is 22.0 Å². The number of rotatable bonds is 2. The molecule has 0 nitrogen and oxygen atoms in total. The predicted octanol–water partition coefficient (Wildman–Crippen LogP) is 7.29. The number of hydrogen-bond acceptors (Lipinski definition) is 0. The molecule has 4 aromatic rings. The van der Waals surface area contributed by atoms with Crippen molar-refractivity contribution in [2.45, 2.75) is 19.8 Å². The summed E-state index contributed by atoms with van der Waals surface area (Å²) < 4.78 is 70.4. The standard InChI is InChI=1S/C29H17F5/c1-2-3-18-4-8-21(26(31)15-18)9-5-20-16-27(32)24(28(33)17-20)12-7-19-6-11-23-22(14-19)10-13-25(30)29(23)34/h4,6,8,10-11,13-17H,2-3H2,1H3. The fraction of sp³-hybridized carbons (Fsp3) is 0.103. The van der Waals surface area contributed by atoms with Crippen molar-refractivity contribution >= 4 is 10.8 Å². The van der Waals surface area contributed by atoms with Crippen molar-refractivity contribution < 1.29 is 22.0 Å². The van der Waals surface area contributed by atoms with E-state index in [4.69, 9.17) is 0 Å². The Morgan fingerprint density at radius 1 is 0.618 bits per heavy atom. The fourth-order valence-corrected chi connectivity index (χ4v) is 3.49. The van der Waals surface area contributed by atoms with Gasteiger partial charge in [0.25, 0.3) is 0 Å². The van der Waals surface area contributed by atoms with Crippen molar-refractivity contribution in [3.63, 3.8) is 0 Å². The van der Waals surface area contributed by atoms with Crippen LogP contribution in [0, 0.1) is 52.8 Å². The van der Waals surface area contributed by atoms with Crippen LogP contribution in [0.25, 0.3) is 10.8 Å². The zero-order chi connectivity index (χ0) is 24.2. The van der Waals surface area contributed by atoms with Crippen LogP contribution in [0.4, 0.5) is 22.0 Å². The molecule has 4 rings (SSSR count). The molecule has 0 aromatic heterocycles. The monoisotopic (exact) mass is 460 g/mol. The summed E-state index contributed by atoms with van der Waals surface area (Å²) in [6, 6.07) is 13.5. The van der Waals surface area contributed by atoms with Crippen LogP contribution in [0.5, 0.6) is 0 Å². The molecule has 0 amide bonds. The van der Waals surface area contributed by atoms with Crippen molar-refractivity contribution in [1.82, 2.24) is 0 Å². The minimum Gasteiger partial charge on any atom is -0.206 e. The Hall–Kier alpha value is -4.09. The summed E-state index contributed by atoms with van der Waals surface area (Å²) in [7, 11) is 0. The molecule has 0 aliphatic heterocycles. The van der Waals surface area contributed by atoms with Gasteiger partial charge in [-0.05, 0) is 59.8 Å². The molecule has 0 heterocycles. The lowest BCUT2D eigenvalue weighted by Crippen LogP contribution is -1.93. The van der Waals surface area contributed by atoms with Crippen molar-refractivity contribution in [3.8, 4) is 23.7 Å². The molecule has 0 aliphatic carbocycles. The minimum atomic E-state index is -0.970. The first-order valence-electron chi connectivity index (χ1n) is 10.5. The van der Waals surface area contributed by atoms with E-state index < -0.39 is 34.6 Å². The van der Waals surface area contributed by atoms with Crippen LogP contribution in [0.15, 0.2) is 60.7 Å². The summed E-state index contributed by atoms with van der Waals surface area (Å²) in [4.78, 5) is 0. The van der Waals surface area contributed by atoms with Gasteiger partial charge in [-0.1, -0.05) is 55.2 Å². The Balaban J connectivity index is 1.60. The number of aryl methyl sites for hydroxylation is 1. The predicted molar refractivity (Wildman–Crippen MR) is 123 cm³/mol. The lowest BCUT2D eigenvalue weighted by Gasteiger charge is -2.02. The van der Waals surface area contributed by atoms with Crippen molar-refractivity contribution in [2.24, 2.45) is 0 Å². The van der Waals surface area contributed by atoms with Crippen molar-refractivity contribution in [2.75, 3.05) is 0 Å². The average molecular weight is 460 g/mol. The van der Waals surface area contributed by atoms with Crippen LogP contribution in [0.2, 0.25) is 0 Å². The number of fused-ring (bicyclic) bond motifs is 1. The molecule has 4 aromatic carbocycles. The van der Waals surface area contributed by atoms with Gasteiger partial charge in [0.05, 0.1) is 11.1 Å². The molecule has 0 saturated heterocycles. The first-order chi connectivity index (χ1) is 16.4. The van der Waals surface area contributed by atoms with Crippen LogP contribution >= 0.6 is 0 Å². The van der Waals surface area contributed by atoms with E-state index in [1.54, 1.807) is 12.1 Å². The molecule has 0 spiro atoms. The van der Waals surface area contributed by atoms with Gasteiger partial charge in [-0.3, -0.25) is 0 Å². The maximum absolute atomic E-state index is 14.5. The zero-order valence-corrected chi connectivity index (χ0v) is 18.1. The highest BCUT2D eigenvalue weighted by Crippen LogP contribution is 2.22. The molecular formula is C29H17F5. The average Bonchev–Trinajstić information content (AvgIpc) is 2.80. The summed E-state index contributed by atoms with van der Waals surface area (Å²) in [6.45, 7) is 1.99. The summed E-state index contributed by atoms with van der Waals surface area (Å²) >= 11 is 0. The summed E-state index contributed by atoms with van der Waals surface area (Å²) in [6.07, 6.45) is 1.63. The molecule has 0 unspecified atom stereocenters. The third-order valence-electron chi connectivity index (χ3n) is 5.19. The van der Waals surface area contributed by atoms with Gasteiger partial charge in [-0.25, -0.2) is 22.0 Å². The summed E-state index contributed by atoms with van der Waals surface area (Å²) in [5.74, 6) is 6.02. The largest absolute Gasteiger partial charge is 0.206 e. The van der Waals surface area contributed by atoms with Gasteiger partial charge in [-0.15, -0.1) is 0 Å². The third-order valence-corrected chi connectivity index (χ3v) is 5.19. The topological polar surface area (TPSA) is 0 Å². The first-order valence-corrected chi connectivity index (χ1v) is 10.5. The maximum Gasteiger partial charge on any atom is 0.166 e. The summed E-state index contributed by atoms with van der Waals surface area (Å²) in [5, 5.41) is 0.495. The van der Waals surface area contributed by atoms with E-state index in [1.165, 1.54) is 30.3 Å². The van der Waals surface area contributed by atoms with Gasteiger partial charge in [-0.2, -0.15) is 0 Å². The fourth-order valence-electron chi connectivity index (χ4n) is 3.49. The Bertz CT molecular complexity index is 1500. The Morgan fingerprint density at radius 2 is 1.35 bits per heavy atom. The zero-order valence-electron chi connectivity index (χ0n) is 18.1. The second-order valence-corrected chi connectivity index (χ2v) is 7.68. The van der Waals surface area contributed by atoms with Crippen LogP contribution < -0.4 is 0 Å². The molecule has 0 saturated carbocycles. The third kappa shape index (κ3) is 4.95. The lowest BCUT2D eigenvalue weighted by atomic mass is 10.1. The van der Waals surface area contributed by atoms with Gasteiger partial charge in [0.1, 0.15) is 17.5 Å². The lowest BCUT2D eigenvalue weighted by molar-refractivity contribution is 0.517. The van der Waals surface area contributed by atoms with Crippen LogP contribution in [0.3, 0.4) is 0 Å². The van der Waals surface area contributed by atoms with E-state index in [0.29, 0.717) is 10.9 Å². The highest BCUT2D eigenvalue weighted by molar-refractivity contribution is 5.84. The molecule has 0 atom stereocenters. The molecule has 0 N–H and O–H groups in total. The Labute approximate surface area is 194 Å². The van der Waals surface area contributed by atoms with E-state index >= 15 is 0 Å². The van der Waals surface area contributed by atoms with Gasteiger partial charge >= 0.3 is 0 Å². The molecule has 0 radical (unpaired) electrons. The van der Waals surface area contributed by atoms with Gasteiger partial charge in [0.2, 0.25) is 0 Å². The smallest absolute Gasteiger partial charge is 0.166 e. The quantitative estimate of drug-likeness (QED) is 0.218. The Morgan fingerprint density at radius 3 is 2.06 bits per heavy atom. The SMILES string of the molecule is CCCc1ccc(C#Cc2cc(F)c(C#Cc3ccc4c(F)c(F)ccc4c3)c(F)c2)c(F)c1. The van der Waals surface area contributed by atoms with Crippen LogP contribution in [-0.4, -0.2) is 0 Å². The van der Waals surface area contributed by atoms with Crippen molar-refractivity contribution in [3.05, 3.63) is 118 Å². The molecule has 5 heteroatoms. The molecule has 168 valence electrons. The number of hydrogen-bond donors (Lipinski definition) is 0. The maximum atomic E-state index is 14.5. The van der Waals surface area contributed by atoms with E-state index in [-0.39, 0.29) is 16.5 Å². The second kappa shape index (κ2) is 9.81. The molecule has 34 heavy (non-hydrogen) atoms. The van der Waals surface area contributed by atoms with E-state index in [0.717, 1.165) is 36.6 Å². The molecular weight excluding hydrogens is 443 g/mol. The Kier molecular flexibility index (Phi) is 6.66. The van der Waals surface area contributed by atoms with Crippen molar-refractivity contribution in [1.29, 1.82) is 0 Å². The minimum absolute atomic E-state index is 0.0424. The summed E-state index contributed by atoms with van der Waals surface area (Å²) in [5.41, 5.74) is 0.960. The van der Waals surface area contributed by atoms with Crippen LogP contribution in [0.1, 0.15) is 41.2 Å². The second-order valence-electron chi connectivity index (χ2n) is 7.68. The number of benzene rings is 4. The van der Waals surface area contributed by atoms with Gasteiger partial charge in [0.15, 0.2) is 11.6 Å². The number of halogens is 5. The van der Waals surface area contributed by atoms with E-state index in [1.807, 2.05) is 6.92 Å². The highest BCUT2D eigenvalue weighted by Gasteiger charge is 2.10. The molecule has 0 bridgehead atoms. The molecule has 0 aliphatic rings. The van der Waals surface area contributed by atoms with Crippen LogP contribution in [-0.2, 0) is 6.42 Å². The van der Waals surface area contributed by atoms with Gasteiger partial charge in [0, 0.05) is 16.5 Å². The van der Waals surface area contributed by atoms with E-state index in [2.05, 4.69) is 23.7 Å². The highest BCUT2D eigenvalue weighted by atomic mass is 19.2. The molecule has 0 fully saturated rings. The first kappa shape index (κ1) is 23.1. The van der Waals surface area contributed by atoms with Gasteiger partial charge < -0.3 is 0 Å².